The summed E-state index contributed by atoms with van der Waals surface area (Å²) < 4.78 is 16.1. The van der Waals surface area contributed by atoms with E-state index >= 15 is 0 Å². The third kappa shape index (κ3) is 3.05. The Morgan fingerprint density at radius 1 is 1.45 bits per heavy atom. The van der Waals surface area contributed by atoms with Crippen LogP contribution in [0.3, 0.4) is 0 Å². The first-order chi connectivity index (χ1) is 9.58. The second-order valence-corrected chi connectivity index (χ2v) is 5.62. The quantitative estimate of drug-likeness (QED) is 0.868. The van der Waals surface area contributed by atoms with Crippen LogP contribution in [0.2, 0.25) is 5.02 Å². The maximum atomic E-state index is 13.8. The van der Waals surface area contributed by atoms with E-state index in [1.54, 1.807) is 12.3 Å². The van der Waals surface area contributed by atoms with Crippen molar-refractivity contribution in [3.8, 4) is 0 Å². The fraction of sp³-hybridized carbons (Fsp3) is 0.357. The summed E-state index contributed by atoms with van der Waals surface area (Å²) in [5, 5.41) is 8.17. The van der Waals surface area contributed by atoms with Crippen LogP contribution in [0, 0.1) is 5.82 Å². The number of aromatic nitrogens is 2. The van der Waals surface area contributed by atoms with Crippen molar-refractivity contribution < 1.29 is 4.39 Å². The highest BCUT2D eigenvalue weighted by Gasteiger charge is 2.21. The molecule has 0 bridgehead atoms. The molecule has 0 fully saturated rings. The van der Waals surface area contributed by atoms with Crippen LogP contribution in [0.1, 0.15) is 31.1 Å². The van der Waals surface area contributed by atoms with Crippen LogP contribution in [-0.4, -0.2) is 16.3 Å². The van der Waals surface area contributed by atoms with Gasteiger partial charge in [-0.05, 0) is 47.1 Å². The fourth-order valence-corrected chi connectivity index (χ4v) is 2.68. The highest BCUT2D eigenvalue weighted by atomic mass is 79.9. The zero-order valence-corrected chi connectivity index (χ0v) is 13.7. The summed E-state index contributed by atoms with van der Waals surface area (Å²) in [7, 11) is 0. The van der Waals surface area contributed by atoms with E-state index in [1.165, 1.54) is 6.07 Å². The second-order valence-electron chi connectivity index (χ2n) is 4.36. The van der Waals surface area contributed by atoms with Gasteiger partial charge in [0, 0.05) is 6.54 Å². The van der Waals surface area contributed by atoms with E-state index in [-0.39, 0.29) is 11.9 Å². The summed E-state index contributed by atoms with van der Waals surface area (Å²) in [6.07, 6.45) is 1.62. The van der Waals surface area contributed by atoms with Crippen molar-refractivity contribution in [1.82, 2.24) is 15.1 Å². The first-order valence-corrected chi connectivity index (χ1v) is 7.65. The molecule has 2 rings (SSSR count). The molecule has 20 heavy (non-hydrogen) atoms. The van der Waals surface area contributed by atoms with Gasteiger partial charge in [0.1, 0.15) is 5.82 Å². The zero-order valence-electron chi connectivity index (χ0n) is 11.3. The van der Waals surface area contributed by atoms with Crippen LogP contribution < -0.4 is 5.32 Å². The van der Waals surface area contributed by atoms with Gasteiger partial charge in [0.25, 0.3) is 0 Å². The Morgan fingerprint density at radius 2 is 2.20 bits per heavy atom. The average molecular weight is 361 g/mol. The highest BCUT2D eigenvalue weighted by molar-refractivity contribution is 9.10. The molecule has 0 saturated heterocycles. The van der Waals surface area contributed by atoms with E-state index in [2.05, 4.69) is 26.3 Å². The first kappa shape index (κ1) is 15.5. The molecule has 0 aliphatic carbocycles. The van der Waals surface area contributed by atoms with E-state index in [0.29, 0.717) is 16.0 Å². The van der Waals surface area contributed by atoms with Crippen LogP contribution >= 0.6 is 27.5 Å². The molecule has 1 aromatic heterocycles. The summed E-state index contributed by atoms with van der Waals surface area (Å²) in [6, 6.07) is 4.91. The van der Waals surface area contributed by atoms with Crippen LogP contribution in [-0.2, 0) is 6.54 Å². The topological polar surface area (TPSA) is 29.9 Å². The minimum Gasteiger partial charge on any atom is -0.305 e. The van der Waals surface area contributed by atoms with Crippen LogP contribution in [0.5, 0.6) is 0 Å². The monoisotopic (exact) mass is 359 g/mol. The third-order valence-corrected chi connectivity index (χ3v) is 4.03. The number of halogens is 3. The molecule has 0 amide bonds. The Kier molecular flexibility index (Phi) is 5.18. The summed E-state index contributed by atoms with van der Waals surface area (Å²) in [5.74, 6) is -0.288. The van der Waals surface area contributed by atoms with E-state index in [0.717, 1.165) is 17.8 Å². The summed E-state index contributed by atoms with van der Waals surface area (Å²) >= 11 is 9.42. The minimum atomic E-state index is -0.288. The molecular weight excluding hydrogens is 345 g/mol. The lowest BCUT2D eigenvalue weighted by atomic mass is 10.0. The number of nitrogens with zero attached hydrogens (tertiary/aromatic N) is 2. The standard InChI is InChI=1S/C14H16BrClFN3/c1-3-18-13(9-5-6-10(15)12(17)7-9)14-11(16)8-19-20(14)4-2/h5-8,13,18H,3-4H2,1-2H3. The number of hydrogen-bond donors (Lipinski definition) is 1. The smallest absolute Gasteiger partial charge is 0.137 e. The fourth-order valence-electron chi connectivity index (χ4n) is 2.18. The van der Waals surface area contributed by atoms with Gasteiger partial charge in [-0.2, -0.15) is 5.10 Å². The van der Waals surface area contributed by atoms with Gasteiger partial charge in [0.15, 0.2) is 0 Å². The van der Waals surface area contributed by atoms with E-state index in [9.17, 15) is 4.39 Å². The molecule has 0 saturated carbocycles. The normalized spacial score (nSPS) is 12.7. The van der Waals surface area contributed by atoms with Crippen molar-refractivity contribution in [2.24, 2.45) is 0 Å². The summed E-state index contributed by atoms with van der Waals surface area (Å²) in [6.45, 7) is 5.46. The lowest BCUT2D eigenvalue weighted by Crippen LogP contribution is -2.25. The van der Waals surface area contributed by atoms with Gasteiger partial charge in [-0.1, -0.05) is 24.6 Å². The Labute approximate surface area is 131 Å². The number of aryl methyl sites for hydroxylation is 1. The van der Waals surface area contributed by atoms with Crippen molar-refractivity contribution in [3.05, 3.63) is 51.0 Å². The maximum Gasteiger partial charge on any atom is 0.137 e. The zero-order chi connectivity index (χ0) is 14.7. The molecule has 1 N–H and O–H groups in total. The van der Waals surface area contributed by atoms with Crippen molar-refractivity contribution in [2.75, 3.05) is 6.54 Å². The largest absolute Gasteiger partial charge is 0.305 e. The molecule has 0 aliphatic heterocycles. The van der Waals surface area contributed by atoms with Gasteiger partial charge in [0.05, 0.1) is 27.4 Å². The number of rotatable bonds is 5. The second kappa shape index (κ2) is 6.70. The van der Waals surface area contributed by atoms with Crippen molar-refractivity contribution >= 4 is 27.5 Å². The molecule has 1 atom stereocenters. The van der Waals surface area contributed by atoms with Gasteiger partial charge in [-0.15, -0.1) is 0 Å². The molecule has 108 valence electrons. The maximum absolute atomic E-state index is 13.8. The predicted molar refractivity (Wildman–Crippen MR) is 82.5 cm³/mol. The van der Waals surface area contributed by atoms with Gasteiger partial charge in [-0.3, -0.25) is 4.68 Å². The molecule has 3 nitrogen and oxygen atoms in total. The van der Waals surface area contributed by atoms with Gasteiger partial charge < -0.3 is 5.32 Å². The Hall–Kier alpha value is -0.910. The highest BCUT2D eigenvalue weighted by Crippen LogP contribution is 2.30. The Bertz CT molecular complexity index is 600. The molecule has 2 aromatic rings. The van der Waals surface area contributed by atoms with Crippen LogP contribution in [0.25, 0.3) is 0 Å². The first-order valence-electron chi connectivity index (χ1n) is 6.48. The summed E-state index contributed by atoms with van der Waals surface area (Å²) in [4.78, 5) is 0. The van der Waals surface area contributed by atoms with Gasteiger partial charge >= 0.3 is 0 Å². The lowest BCUT2D eigenvalue weighted by Gasteiger charge is -2.20. The van der Waals surface area contributed by atoms with Crippen molar-refractivity contribution in [3.63, 3.8) is 0 Å². The molecule has 0 aliphatic rings. The minimum absolute atomic E-state index is 0.183. The van der Waals surface area contributed by atoms with E-state index in [1.807, 2.05) is 24.6 Å². The average Bonchev–Trinajstić information content (AvgIpc) is 2.80. The molecule has 1 heterocycles. The lowest BCUT2D eigenvalue weighted by molar-refractivity contribution is 0.538. The third-order valence-electron chi connectivity index (χ3n) is 3.09. The van der Waals surface area contributed by atoms with Gasteiger partial charge in [-0.25, -0.2) is 4.39 Å². The molecule has 0 radical (unpaired) electrons. The molecular formula is C14H16BrClFN3. The summed E-state index contributed by atoms with van der Waals surface area (Å²) in [5.41, 5.74) is 1.68. The molecule has 1 aromatic carbocycles. The van der Waals surface area contributed by atoms with Crippen molar-refractivity contribution in [2.45, 2.75) is 26.4 Å². The number of hydrogen-bond acceptors (Lipinski definition) is 2. The Balaban J connectivity index is 2.49. The number of benzene rings is 1. The van der Waals surface area contributed by atoms with E-state index in [4.69, 9.17) is 11.6 Å². The molecule has 0 spiro atoms. The predicted octanol–water partition coefficient (Wildman–Crippen LogP) is 4.16. The Morgan fingerprint density at radius 3 is 2.80 bits per heavy atom. The van der Waals surface area contributed by atoms with Crippen molar-refractivity contribution in [1.29, 1.82) is 0 Å². The van der Waals surface area contributed by atoms with E-state index < -0.39 is 0 Å². The van der Waals surface area contributed by atoms with Crippen LogP contribution in [0.4, 0.5) is 4.39 Å². The number of nitrogens with one attached hydrogen (secondary N) is 1. The molecule has 1 unspecified atom stereocenters. The SMILES string of the molecule is CCNC(c1ccc(Br)c(F)c1)c1c(Cl)cnn1CC. The van der Waals surface area contributed by atoms with Gasteiger partial charge in [0.2, 0.25) is 0 Å². The molecule has 6 heteroatoms. The van der Waals surface area contributed by atoms with Crippen LogP contribution in [0.15, 0.2) is 28.9 Å².